The highest BCUT2D eigenvalue weighted by molar-refractivity contribution is 7.98. The number of thioether (sulfide) groups is 1. The second kappa shape index (κ2) is 15.6. The number of nitrogens with two attached hydrogens (primary N) is 1. The van der Waals surface area contributed by atoms with Crippen molar-refractivity contribution >= 4 is 48.1 Å². The lowest BCUT2D eigenvalue weighted by molar-refractivity contribution is -0.143. The van der Waals surface area contributed by atoms with Crippen LogP contribution in [0.1, 0.15) is 32.3 Å². The van der Waals surface area contributed by atoms with Crippen molar-refractivity contribution in [3.8, 4) is 0 Å². The van der Waals surface area contributed by atoms with E-state index in [1.165, 1.54) is 11.8 Å². The number of amides is 3. The quantitative estimate of drug-likeness (QED) is 0.190. The Balaban J connectivity index is 3.11. The van der Waals surface area contributed by atoms with Gasteiger partial charge in [-0.15, -0.1) is 0 Å². The summed E-state index contributed by atoms with van der Waals surface area (Å²) in [6.07, 6.45) is 2.93. The number of carboxylic acid groups (broad SMARTS) is 1. The SMILES string of the molecule is CCC(C)C(NC(=O)C(Cc1ccccc1)NC(=O)C(CCSC)NC(=O)C(N)CS)C(=O)O. The fourth-order valence-corrected chi connectivity index (χ4v) is 3.77. The molecule has 0 aromatic heterocycles. The predicted octanol–water partition coefficient (Wildman–Crippen LogP) is 0.824. The lowest BCUT2D eigenvalue weighted by Gasteiger charge is -2.26. The minimum Gasteiger partial charge on any atom is -0.480 e. The second-order valence-corrected chi connectivity index (χ2v) is 9.44. The van der Waals surface area contributed by atoms with Crippen LogP contribution in [0.4, 0.5) is 0 Å². The third kappa shape index (κ3) is 9.94. The Labute approximate surface area is 210 Å². The summed E-state index contributed by atoms with van der Waals surface area (Å²) >= 11 is 5.53. The first kappa shape index (κ1) is 29.8. The number of thiol groups is 1. The molecule has 1 aromatic rings. The number of nitrogens with one attached hydrogen (secondary N) is 3. The average Bonchev–Trinajstić information content (AvgIpc) is 2.83. The molecule has 190 valence electrons. The zero-order chi connectivity index (χ0) is 25.7. The van der Waals surface area contributed by atoms with Gasteiger partial charge in [-0.2, -0.15) is 24.4 Å². The summed E-state index contributed by atoms with van der Waals surface area (Å²) in [7, 11) is 0. The van der Waals surface area contributed by atoms with Gasteiger partial charge in [0.1, 0.15) is 18.1 Å². The topological polar surface area (TPSA) is 151 Å². The van der Waals surface area contributed by atoms with Crippen LogP contribution in [0, 0.1) is 5.92 Å². The van der Waals surface area contributed by atoms with Crippen molar-refractivity contribution in [1.29, 1.82) is 0 Å². The summed E-state index contributed by atoms with van der Waals surface area (Å²) in [4.78, 5) is 50.2. The van der Waals surface area contributed by atoms with E-state index in [-0.39, 0.29) is 18.1 Å². The molecule has 6 N–H and O–H groups in total. The van der Waals surface area contributed by atoms with E-state index in [1.54, 1.807) is 6.92 Å². The van der Waals surface area contributed by atoms with Crippen molar-refractivity contribution in [2.75, 3.05) is 17.8 Å². The van der Waals surface area contributed by atoms with Crippen molar-refractivity contribution in [3.05, 3.63) is 35.9 Å². The van der Waals surface area contributed by atoms with Crippen molar-refractivity contribution in [1.82, 2.24) is 16.0 Å². The summed E-state index contributed by atoms with van der Waals surface area (Å²) in [5.41, 5.74) is 6.52. The number of rotatable bonds is 15. The molecule has 34 heavy (non-hydrogen) atoms. The summed E-state index contributed by atoms with van der Waals surface area (Å²) in [6, 6.07) is 5.19. The molecular weight excluding hydrogens is 476 g/mol. The maximum atomic E-state index is 13.1. The standard InChI is InChI=1S/C23H36N4O5S2/c1-4-14(2)19(23(31)32)27-22(30)18(12-15-8-6-5-7-9-15)26-21(29)17(10-11-34-3)25-20(28)16(24)13-33/h5-9,14,16-19,33H,4,10-13,24H2,1-3H3,(H,25,28)(H,26,29)(H,27,30)(H,31,32). The van der Waals surface area contributed by atoms with E-state index in [0.717, 1.165) is 5.56 Å². The molecule has 0 saturated carbocycles. The van der Waals surface area contributed by atoms with E-state index in [9.17, 15) is 24.3 Å². The highest BCUT2D eigenvalue weighted by atomic mass is 32.2. The molecule has 5 unspecified atom stereocenters. The predicted molar refractivity (Wildman–Crippen MR) is 138 cm³/mol. The van der Waals surface area contributed by atoms with E-state index in [1.807, 2.05) is 43.5 Å². The number of aliphatic carboxylic acids is 1. The summed E-state index contributed by atoms with van der Waals surface area (Å²) in [5.74, 6) is -2.38. The highest BCUT2D eigenvalue weighted by Crippen LogP contribution is 2.11. The third-order valence-electron chi connectivity index (χ3n) is 5.47. The second-order valence-electron chi connectivity index (χ2n) is 8.09. The molecule has 11 heteroatoms. The Hall–Kier alpha value is -2.24. The van der Waals surface area contributed by atoms with Crippen LogP contribution in [-0.2, 0) is 25.6 Å². The number of benzene rings is 1. The lowest BCUT2D eigenvalue weighted by atomic mass is 9.98. The zero-order valence-electron chi connectivity index (χ0n) is 19.8. The van der Waals surface area contributed by atoms with Crippen LogP contribution < -0.4 is 21.7 Å². The molecule has 0 bridgehead atoms. The van der Waals surface area contributed by atoms with Gasteiger partial charge in [-0.1, -0.05) is 50.6 Å². The molecule has 0 aliphatic rings. The Morgan fingerprint density at radius 2 is 1.62 bits per heavy atom. The summed E-state index contributed by atoms with van der Waals surface area (Å²) in [5, 5.41) is 17.5. The fraction of sp³-hybridized carbons (Fsp3) is 0.565. The van der Waals surface area contributed by atoms with Crippen molar-refractivity contribution < 1.29 is 24.3 Å². The van der Waals surface area contributed by atoms with Gasteiger partial charge in [0.05, 0.1) is 6.04 Å². The molecule has 0 radical (unpaired) electrons. The lowest BCUT2D eigenvalue weighted by Crippen LogP contribution is -2.58. The van der Waals surface area contributed by atoms with Gasteiger partial charge < -0.3 is 26.8 Å². The number of carbonyl (C=O) groups excluding carboxylic acids is 3. The zero-order valence-corrected chi connectivity index (χ0v) is 21.5. The molecule has 9 nitrogen and oxygen atoms in total. The number of hydrogen-bond acceptors (Lipinski definition) is 7. The number of hydrogen-bond donors (Lipinski definition) is 6. The third-order valence-corrected chi connectivity index (χ3v) is 6.51. The van der Waals surface area contributed by atoms with Gasteiger partial charge in [0.25, 0.3) is 0 Å². The molecule has 0 aliphatic carbocycles. The average molecular weight is 513 g/mol. The molecule has 3 amide bonds. The van der Waals surface area contributed by atoms with E-state index >= 15 is 0 Å². The molecule has 0 saturated heterocycles. The molecule has 1 rings (SSSR count). The first-order valence-corrected chi connectivity index (χ1v) is 13.2. The highest BCUT2D eigenvalue weighted by Gasteiger charge is 2.31. The molecule has 5 atom stereocenters. The van der Waals surface area contributed by atoms with Crippen LogP contribution in [0.2, 0.25) is 0 Å². The molecule has 0 aliphatic heterocycles. The van der Waals surface area contributed by atoms with Crippen molar-refractivity contribution in [2.45, 2.75) is 57.3 Å². The Morgan fingerprint density at radius 3 is 2.15 bits per heavy atom. The maximum Gasteiger partial charge on any atom is 0.326 e. The van der Waals surface area contributed by atoms with Gasteiger partial charge in [0.15, 0.2) is 0 Å². The van der Waals surface area contributed by atoms with Gasteiger partial charge in [0.2, 0.25) is 17.7 Å². The number of carbonyl (C=O) groups is 4. The fourth-order valence-electron chi connectivity index (χ4n) is 3.13. The molecule has 0 spiro atoms. The smallest absolute Gasteiger partial charge is 0.326 e. The van der Waals surface area contributed by atoms with Crippen molar-refractivity contribution in [2.24, 2.45) is 11.7 Å². The maximum absolute atomic E-state index is 13.1. The Bertz CT molecular complexity index is 812. The Morgan fingerprint density at radius 1 is 1.03 bits per heavy atom. The van der Waals surface area contributed by atoms with E-state index in [0.29, 0.717) is 18.6 Å². The van der Waals surface area contributed by atoms with Gasteiger partial charge in [-0.25, -0.2) is 4.79 Å². The van der Waals surface area contributed by atoms with E-state index in [4.69, 9.17) is 5.73 Å². The van der Waals surface area contributed by atoms with E-state index < -0.39 is 47.9 Å². The monoisotopic (exact) mass is 512 g/mol. The Kier molecular flexibility index (Phi) is 13.7. The molecule has 0 fully saturated rings. The first-order valence-electron chi connectivity index (χ1n) is 11.2. The summed E-state index contributed by atoms with van der Waals surface area (Å²) in [6.45, 7) is 3.58. The van der Waals surface area contributed by atoms with Gasteiger partial charge in [-0.3, -0.25) is 14.4 Å². The number of carboxylic acids is 1. The normalized spacial score (nSPS) is 15.3. The van der Waals surface area contributed by atoms with Gasteiger partial charge >= 0.3 is 5.97 Å². The van der Waals surface area contributed by atoms with E-state index in [2.05, 4.69) is 28.6 Å². The van der Waals surface area contributed by atoms with Crippen LogP contribution in [0.25, 0.3) is 0 Å². The molecule has 0 heterocycles. The minimum absolute atomic E-state index is 0.119. The molecule has 1 aromatic carbocycles. The van der Waals surface area contributed by atoms with Crippen LogP contribution >= 0.6 is 24.4 Å². The van der Waals surface area contributed by atoms with Crippen LogP contribution in [0.15, 0.2) is 30.3 Å². The molecular formula is C23H36N4O5S2. The van der Waals surface area contributed by atoms with Crippen LogP contribution in [-0.4, -0.2) is 70.7 Å². The van der Waals surface area contributed by atoms with Crippen LogP contribution in [0.5, 0.6) is 0 Å². The van der Waals surface area contributed by atoms with Gasteiger partial charge in [0, 0.05) is 12.2 Å². The summed E-state index contributed by atoms with van der Waals surface area (Å²) < 4.78 is 0. The van der Waals surface area contributed by atoms with Crippen LogP contribution in [0.3, 0.4) is 0 Å². The van der Waals surface area contributed by atoms with Crippen molar-refractivity contribution in [3.63, 3.8) is 0 Å². The first-order chi connectivity index (χ1) is 16.1. The minimum atomic E-state index is -1.14. The largest absolute Gasteiger partial charge is 0.480 e. The van der Waals surface area contributed by atoms with Gasteiger partial charge in [-0.05, 0) is 29.9 Å².